The van der Waals surface area contributed by atoms with Gasteiger partial charge in [0.1, 0.15) is 0 Å². The van der Waals surface area contributed by atoms with E-state index in [9.17, 15) is 14.7 Å². The maximum atomic E-state index is 12.2. The molecule has 0 spiro atoms. The molecule has 0 aromatic heterocycles. The van der Waals surface area contributed by atoms with E-state index < -0.39 is 11.4 Å². The minimum atomic E-state index is -0.893. The fourth-order valence-electron chi connectivity index (χ4n) is 2.62. The van der Waals surface area contributed by atoms with E-state index in [-0.39, 0.29) is 24.8 Å². The van der Waals surface area contributed by atoms with Gasteiger partial charge in [-0.15, -0.1) is 0 Å². The molecular weight excluding hydrogens is 244 g/mol. The third-order valence-electron chi connectivity index (χ3n) is 4.20. The fourth-order valence-corrected chi connectivity index (χ4v) is 2.62. The Bertz CT molecular complexity index is 381. The van der Waals surface area contributed by atoms with E-state index in [1.165, 1.54) is 4.90 Å². The van der Waals surface area contributed by atoms with Crippen LogP contribution in [0.15, 0.2) is 0 Å². The minimum absolute atomic E-state index is 0.0502. The zero-order chi connectivity index (χ0) is 14.5. The Morgan fingerprint density at radius 2 is 1.95 bits per heavy atom. The summed E-state index contributed by atoms with van der Waals surface area (Å²) < 4.78 is 0. The summed E-state index contributed by atoms with van der Waals surface area (Å²) in [6, 6.07) is 1.85. The average molecular weight is 266 g/mol. The Balaban J connectivity index is 2.72. The van der Waals surface area contributed by atoms with Gasteiger partial charge in [-0.1, -0.05) is 19.3 Å². The number of carboxylic acid groups (broad SMARTS) is 1. The molecule has 0 saturated heterocycles. The third-order valence-corrected chi connectivity index (χ3v) is 4.20. The Morgan fingerprint density at radius 3 is 2.42 bits per heavy atom. The Morgan fingerprint density at radius 1 is 1.37 bits per heavy atom. The molecule has 0 aromatic carbocycles. The number of carbonyl (C=O) groups excluding carboxylic acids is 1. The first-order valence-corrected chi connectivity index (χ1v) is 6.79. The molecule has 1 aliphatic carbocycles. The second kappa shape index (κ2) is 6.55. The molecule has 1 saturated carbocycles. The Labute approximate surface area is 114 Å². The van der Waals surface area contributed by atoms with Gasteiger partial charge in [0.2, 0.25) is 5.91 Å². The molecule has 5 nitrogen and oxygen atoms in total. The normalized spacial score (nSPS) is 19.2. The average Bonchev–Trinajstić information content (AvgIpc) is 2.39. The van der Waals surface area contributed by atoms with Gasteiger partial charge in [-0.2, -0.15) is 5.26 Å². The topological polar surface area (TPSA) is 81.4 Å². The summed E-state index contributed by atoms with van der Waals surface area (Å²) >= 11 is 0. The molecule has 0 bridgehead atoms. The first kappa shape index (κ1) is 15.5. The summed E-state index contributed by atoms with van der Waals surface area (Å²) in [7, 11) is 1.64. The number of hydrogen-bond acceptors (Lipinski definition) is 3. The van der Waals surface area contributed by atoms with Gasteiger partial charge in [0.25, 0.3) is 0 Å². The maximum Gasteiger partial charge on any atom is 0.310 e. The standard InChI is InChI=1S/C14H22N2O3/c1-11(6-9-15)16(2)12(17)10-14(13(18)19)7-4-3-5-8-14/h11H,3-8,10H2,1-2H3,(H,18,19). The molecule has 0 heterocycles. The highest BCUT2D eigenvalue weighted by atomic mass is 16.4. The first-order valence-electron chi connectivity index (χ1n) is 6.79. The highest BCUT2D eigenvalue weighted by Gasteiger charge is 2.42. The molecule has 1 fully saturated rings. The largest absolute Gasteiger partial charge is 0.481 e. The van der Waals surface area contributed by atoms with Gasteiger partial charge >= 0.3 is 5.97 Å². The highest BCUT2D eigenvalue weighted by molar-refractivity contribution is 5.85. The van der Waals surface area contributed by atoms with Gasteiger partial charge < -0.3 is 10.0 Å². The molecule has 5 heteroatoms. The Kier molecular flexibility index (Phi) is 5.34. The number of amides is 1. The van der Waals surface area contributed by atoms with Crippen LogP contribution in [0.25, 0.3) is 0 Å². The molecule has 0 radical (unpaired) electrons. The SMILES string of the molecule is CC(CC#N)N(C)C(=O)CC1(C(=O)O)CCCCC1. The van der Waals surface area contributed by atoms with Crippen LogP contribution in [-0.4, -0.2) is 35.0 Å². The van der Waals surface area contributed by atoms with E-state index in [0.29, 0.717) is 12.8 Å². The lowest BCUT2D eigenvalue weighted by atomic mass is 9.71. The summed E-state index contributed by atoms with van der Waals surface area (Å²) in [5, 5.41) is 18.1. The summed E-state index contributed by atoms with van der Waals surface area (Å²) in [5.41, 5.74) is -0.893. The smallest absolute Gasteiger partial charge is 0.310 e. The van der Waals surface area contributed by atoms with Gasteiger partial charge in [0.05, 0.1) is 17.9 Å². The summed E-state index contributed by atoms with van der Waals surface area (Å²) in [6.45, 7) is 1.80. The van der Waals surface area contributed by atoms with Gasteiger partial charge in [0.15, 0.2) is 0 Å². The van der Waals surface area contributed by atoms with Gasteiger partial charge in [-0.25, -0.2) is 0 Å². The molecule has 1 amide bonds. The third kappa shape index (κ3) is 3.69. The minimum Gasteiger partial charge on any atom is -0.481 e. The molecule has 1 aliphatic rings. The lowest BCUT2D eigenvalue weighted by Gasteiger charge is -2.34. The van der Waals surface area contributed by atoms with Crippen molar-refractivity contribution in [1.82, 2.24) is 4.90 Å². The number of rotatable bonds is 5. The van der Waals surface area contributed by atoms with E-state index in [1.54, 1.807) is 14.0 Å². The Hall–Kier alpha value is -1.57. The highest BCUT2D eigenvalue weighted by Crippen LogP contribution is 2.40. The molecule has 0 aliphatic heterocycles. The maximum absolute atomic E-state index is 12.2. The molecular formula is C14H22N2O3. The van der Waals surface area contributed by atoms with Crippen LogP contribution in [0.3, 0.4) is 0 Å². The second-order valence-corrected chi connectivity index (χ2v) is 5.54. The lowest BCUT2D eigenvalue weighted by Crippen LogP contribution is -2.42. The van der Waals surface area contributed by atoms with Gasteiger partial charge in [0, 0.05) is 19.5 Å². The second-order valence-electron chi connectivity index (χ2n) is 5.54. The van der Waals surface area contributed by atoms with Crippen molar-refractivity contribution in [2.75, 3.05) is 7.05 Å². The van der Waals surface area contributed by atoms with Crippen molar-refractivity contribution >= 4 is 11.9 Å². The zero-order valence-electron chi connectivity index (χ0n) is 11.7. The van der Waals surface area contributed by atoms with E-state index in [1.807, 2.05) is 6.07 Å². The van der Waals surface area contributed by atoms with Crippen molar-refractivity contribution in [2.24, 2.45) is 5.41 Å². The first-order chi connectivity index (χ1) is 8.93. The number of nitrogens with zero attached hydrogens (tertiary/aromatic N) is 2. The zero-order valence-corrected chi connectivity index (χ0v) is 11.7. The van der Waals surface area contributed by atoms with Crippen LogP contribution in [0.5, 0.6) is 0 Å². The predicted octanol–water partition coefficient (Wildman–Crippen LogP) is 2.17. The van der Waals surface area contributed by atoms with Crippen LogP contribution in [0.4, 0.5) is 0 Å². The number of carbonyl (C=O) groups is 2. The van der Waals surface area contributed by atoms with Crippen molar-refractivity contribution < 1.29 is 14.7 Å². The summed E-state index contributed by atoms with van der Waals surface area (Å²) in [6.07, 6.45) is 4.26. The van der Waals surface area contributed by atoms with E-state index >= 15 is 0 Å². The van der Waals surface area contributed by atoms with Crippen molar-refractivity contribution in [2.45, 2.75) is 57.9 Å². The van der Waals surface area contributed by atoms with Crippen molar-refractivity contribution in [3.8, 4) is 6.07 Å². The van der Waals surface area contributed by atoms with E-state index in [2.05, 4.69) is 0 Å². The summed E-state index contributed by atoms with van der Waals surface area (Å²) in [5.74, 6) is -1.03. The van der Waals surface area contributed by atoms with E-state index in [0.717, 1.165) is 19.3 Å². The molecule has 1 atom stereocenters. The molecule has 1 N–H and O–H groups in total. The van der Waals surface area contributed by atoms with Crippen LogP contribution < -0.4 is 0 Å². The molecule has 1 rings (SSSR count). The monoisotopic (exact) mass is 266 g/mol. The lowest BCUT2D eigenvalue weighted by molar-refractivity contribution is -0.156. The van der Waals surface area contributed by atoms with Crippen molar-refractivity contribution in [3.63, 3.8) is 0 Å². The van der Waals surface area contributed by atoms with Crippen LogP contribution in [0, 0.1) is 16.7 Å². The predicted molar refractivity (Wildman–Crippen MR) is 70.2 cm³/mol. The number of hydrogen-bond donors (Lipinski definition) is 1. The molecule has 106 valence electrons. The fraction of sp³-hybridized carbons (Fsp3) is 0.786. The number of carboxylic acids is 1. The molecule has 19 heavy (non-hydrogen) atoms. The van der Waals surface area contributed by atoms with Crippen LogP contribution in [0.2, 0.25) is 0 Å². The van der Waals surface area contributed by atoms with Gasteiger partial charge in [-0.05, 0) is 19.8 Å². The molecule has 0 aromatic rings. The van der Waals surface area contributed by atoms with Crippen LogP contribution in [0.1, 0.15) is 51.9 Å². The van der Waals surface area contributed by atoms with Gasteiger partial charge in [-0.3, -0.25) is 9.59 Å². The number of aliphatic carboxylic acids is 1. The number of nitriles is 1. The summed E-state index contributed by atoms with van der Waals surface area (Å²) in [4.78, 5) is 25.2. The van der Waals surface area contributed by atoms with Crippen molar-refractivity contribution in [1.29, 1.82) is 5.26 Å². The van der Waals surface area contributed by atoms with E-state index in [4.69, 9.17) is 5.26 Å². The quantitative estimate of drug-likeness (QED) is 0.826. The van der Waals surface area contributed by atoms with Crippen LogP contribution in [-0.2, 0) is 9.59 Å². The van der Waals surface area contributed by atoms with Crippen LogP contribution >= 0.6 is 0 Å². The molecule has 1 unspecified atom stereocenters. The van der Waals surface area contributed by atoms with Crippen molar-refractivity contribution in [3.05, 3.63) is 0 Å².